The molecule has 1 amide bonds. The lowest BCUT2D eigenvalue weighted by atomic mass is 10.1. The zero-order valence-corrected chi connectivity index (χ0v) is 9.57. The maximum Gasteiger partial charge on any atom is 0.331 e. The summed E-state index contributed by atoms with van der Waals surface area (Å²) in [7, 11) is 0. The van der Waals surface area contributed by atoms with Gasteiger partial charge >= 0.3 is 5.97 Å². The van der Waals surface area contributed by atoms with Crippen molar-refractivity contribution < 1.29 is 19.4 Å². The summed E-state index contributed by atoms with van der Waals surface area (Å²) >= 11 is 1.40. The minimum atomic E-state index is -1.09. The minimum Gasteiger partial charge on any atom is -0.464 e. The van der Waals surface area contributed by atoms with Gasteiger partial charge in [0.2, 0.25) is 6.41 Å². The van der Waals surface area contributed by atoms with Crippen LogP contribution >= 0.6 is 11.3 Å². The number of rotatable bonds is 6. The van der Waals surface area contributed by atoms with Crippen LogP contribution in [0.1, 0.15) is 18.6 Å². The van der Waals surface area contributed by atoms with E-state index in [4.69, 9.17) is 4.74 Å². The quantitative estimate of drug-likeness (QED) is 0.562. The largest absolute Gasteiger partial charge is 0.464 e. The Labute approximate surface area is 97.0 Å². The molecule has 1 aromatic rings. The predicted octanol–water partition coefficient (Wildman–Crippen LogP) is 0.459. The van der Waals surface area contributed by atoms with Crippen LogP contribution < -0.4 is 5.32 Å². The topological polar surface area (TPSA) is 75.6 Å². The second-order valence-corrected chi connectivity index (χ2v) is 3.80. The minimum absolute atomic E-state index is 0.201. The van der Waals surface area contributed by atoms with Crippen LogP contribution in [0.3, 0.4) is 0 Å². The first-order valence-corrected chi connectivity index (χ1v) is 5.71. The van der Waals surface area contributed by atoms with Gasteiger partial charge in [-0.1, -0.05) is 0 Å². The first-order valence-electron chi connectivity index (χ1n) is 4.77. The molecule has 5 nitrogen and oxygen atoms in total. The highest BCUT2D eigenvalue weighted by atomic mass is 32.1. The molecule has 0 aliphatic heterocycles. The molecule has 0 spiro atoms. The second-order valence-electron chi connectivity index (χ2n) is 3.02. The molecule has 1 aromatic heterocycles. The lowest BCUT2D eigenvalue weighted by Crippen LogP contribution is -2.42. The third-order valence-electron chi connectivity index (χ3n) is 1.99. The third kappa shape index (κ3) is 3.04. The standard InChI is InChI=1S/C10H13NO4S/c1-2-15-10(14)8(11-6-12)9(13)7-3-4-16-5-7/h3-6,8-9,13H,2H2,1H3,(H,11,12). The molecule has 2 unspecified atom stereocenters. The number of carbonyl (C=O) groups excluding carboxylic acids is 2. The summed E-state index contributed by atoms with van der Waals surface area (Å²) in [5, 5.41) is 15.6. The molecule has 0 fully saturated rings. The average Bonchev–Trinajstić information content (AvgIpc) is 2.78. The Hall–Kier alpha value is -1.40. The van der Waals surface area contributed by atoms with E-state index >= 15 is 0 Å². The number of ether oxygens (including phenoxy) is 1. The van der Waals surface area contributed by atoms with Crippen LogP contribution in [0.2, 0.25) is 0 Å². The number of hydrogen-bond acceptors (Lipinski definition) is 5. The predicted molar refractivity (Wildman–Crippen MR) is 58.9 cm³/mol. The normalized spacial score (nSPS) is 13.9. The zero-order valence-electron chi connectivity index (χ0n) is 8.75. The van der Waals surface area contributed by atoms with Gasteiger partial charge in [0.25, 0.3) is 0 Å². The van der Waals surface area contributed by atoms with Gasteiger partial charge in [-0.25, -0.2) is 4.79 Å². The highest BCUT2D eigenvalue weighted by Gasteiger charge is 2.28. The zero-order chi connectivity index (χ0) is 12.0. The van der Waals surface area contributed by atoms with Crippen LogP contribution in [0.5, 0.6) is 0 Å². The Bertz CT molecular complexity index is 339. The molecule has 88 valence electrons. The van der Waals surface area contributed by atoms with Crippen molar-refractivity contribution in [1.82, 2.24) is 5.32 Å². The summed E-state index contributed by atoms with van der Waals surface area (Å²) in [5.74, 6) is -0.645. The number of nitrogens with one attached hydrogen (secondary N) is 1. The van der Waals surface area contributed by atoms with Gasteiger partial charge in [0.15, 0.2) is 6.04 Å². The fourth-order valence-electron chi connectivity index (χ4n) is 1.23. The number of amides is 1. The lowest BCUT2D eigenvalue weighted by molar-refractivity contribution is -0.149. The van der Waals surface area contributed by atoms with Crippen LogP contribution in [0.25, 0.3) is 0 Å². The summed E-state index contributed by atoms with van der Waals surface area (Å²) in [4.78, 5) is 21.8. The van der Waals surface area contributed by atoms with E-state index in [1.54, 1.807) is 23.8 Å². The molecular weight excluding hydrogens is 230 g/mol. The molecule has 0 radical (unpaired) electrons. The Morgan fingerprint density at radius 2 is 2.50 bits per heavy atom. The second kappa shape index (κ2) is 6.24. The molecule has 16 heavy (non-hydrogen) atoms. The Balaban J connectivity index is 2.76. The molecule has 0 aliphatic carbocycles. The molecule has 1 rings (SSSR count). The van der Waals surface area contributed by atoms with Gasteiger partial charge in [-0.15, -0.1) is 0 Å². The van der Waals surface area contributed by atoms with Crippen molar-refractivity contribution in [3.8, 4) is 0 Å². The Morgan fingerprint density at radius 1 is 1.75 bits per heavy atom. The number of aliphatic hydroxyl groups is 1. The Morgan fingerprint density at radius 3 is 3.00 bits per heavy atom. The van der Waals surface area contributed by atoms with Gasteiger partial charge in [-0.3, -0.25) is 4.79 Å². The molecule has 2 N–H and O–H groups in total. The van der Waals surface area contributed by atoms with Crippen LogP contribution in [0.15, 0.2) is 16.8 Å². The highest BCUT2D eigenvalue weighted by molar-refractivity contribution is 7.07. The fourth-order valence-corrected chi connectivity index (χ4v) is 1.92. The van der Waals surface area contributed by atoms with E-state index in [1.165, 1.54) is 11.3 Å². The van der Waals surface area contributed by atoms with Crippen LogP contribution in [0.4, 0.5) is 0 Å². The summed E-state index contributed by atoms with van der Waals surface area (Å²) in [6, 6.07) is 0.626. The molecule has 0 saturated carbocycles. The van der Waals surface area contributed by atoms with E-state index in [1.807, 2.05) is 0 Å². The van der Waals surface area contributed by atoms with Crippen LogP contribution in [-0.4, -0.2) is 30.1 Å². The third-order valence-corrected chi connectivity index (χ3v) is 2.69. The average molecular weight is 243 g/mol. The van der Waals surface area contributed by atoms with Gasteiger partial charge in [0, 0.05) is 0 Å². The lowest BCUT2D eigenvalue weighted by Gasteiger charge is -2.19. The van der Waals surface area contributed by atoms with Crippen molar-refractivity contribution in [2.75, 3.05) is 6.61 Å². The SMILES string of the molecule is CCOC(=O)C(NC=O)C(O)c1ccsc1. The molecule has 0 saturated heterocycles. The summed E-state index contributed by atoms with van der Waals surface area (Å²) in [6.45, 7) is 1.86. The number of thiophene rings is 1. The number of hydrogen-bond donors (Lipinski definition) is 2. The monoisotopic (exact) mass is 243 g/mol. The summed E-state index contributed by atoms with van der Waals surface area (Å²) in [6.07, 6.45) is -0.715. The van der Waals surface area contributed by atoms with Gasteiger partial charge in [-0.05, 0) is 29.3 Å². The van der Waals surface area contributed by atoms with Crippen molar-refractivity contribution in [3.05, 3.63) is 22.4 Å². The van der Waals surface area contributed by atoms with Gasteiger partial charge < -0.3 is 15.2 Å². The smallest absolute Gasteiger partial charge is 0.331 e. The molecular formula is C10H13NO4S. The molecule has 1 heterocycles. The van der Waals surface area contributed by atoms with Gasteiger partial charge in [0.1, 0.15) is 6.10 Å². The van der Waals surface area contributed by atoms with Crippen molar-refractivity contribution in [3.63, 3.8) is 0 Å². The van der Waals surface area contributed by atoms with E-state index in [9.17, 15) is 14.7 Å². The molecule has 0 aliphatic rings. The fraction of sp³-hybridized carbons (Fsp3) is 0.400. The number of esters is 1. The van der Waals surface area contributed by atoms with Crippen molar-refractivity contribution in [2.45, 2.75) is 19.1 Å². The van der Waals surface area contributed by atoms with E-state index < -0.39 is 18.1 Å². The molecule has 6 heteroatoms. The highest BCUT2D eigenvalue weighted by Crippen LogP contribution is 2.20. The van der Waals surface area contributed by atoms with Crippen molar-refractivity contribution >= 4 is 23.7 Å². The Kier molecular flexibility index (Phi) is 4.94. The number of aliphatic hydroxyl groups excluding tert-OH is 1. The van der Waals surface area contributed by atoms with Crippen molar-refractivity contribution in [2.24, 2.45) is 0 Å². The maximum absolute atomic E-state index is 11.5. The van der Waals surface area contributed by atoms with Gasteiger partial charge in [-0.2, -0.15) is 11.3 Å². The first-order chi connectivity index (χ1) is 7.70. The van der Waals surface area contributed by atoms with E-state index in [0.717, 1.165) is 0 Å². The summed E-state index contributed by atoms with van der Waals surface area (Å²) in [5.41, 5.74) is 0.581. The van der Waals surface area contributed by atoms with Gasteiger partial charge in [0.05, 0.1) is 6.61 Å². The number of carbonyl (C=O) groups is 2. The van der Waals surface area contributed by atoms with Crippen molar-refractivity contribution in [1.29, 1.82) is 0 Å². The van der Waals surface area contributed by atoms with Crippen LogP contribution in [0, 0.1) is 0 Å². The van der Waals surface area contributed by atoms with E-state index in [-0.39, 0.29) is 6.61 Å². The molecule has 2 atom stereocenters. The molecule has 0 bridgehead atoms. The van der Waals surface area contributed by atoms with E-state index in [2.05, 4.69) is 5.32 Å². The molecule has 0 aromatic carbocycles. The van der Waals surface area contributed by atoms with E-state index in [0.29, 0.717) is 12.0 Å². The first kappa shape index (κ1) is 12.7. The van der Waals surface area contributed by atoms with Crippen LogP contribution in [-0.2, 0) is 14.3 Å². The summed E-state index contributed by atoms with van der Waals surface area (Å²) < 4.78 is 4.76. The maximum atomic E-state index is 11.5.